The van der Waals surface area contributed by atoms with Crippen molar-refractivity contribution in [3.8, 4) is 11.4 Å². The van der Waals surface area contributed by atoms with Gasteiger partial charge in [-0.15, -0.1) is 21.5 Å². The zero-order valence-corrected chi connectivity index (χ0v) is 14.8. The molecule has 0 aliphatic carbocycles. The number of aromatic nitrogens is 5. The van der Waals surface area contributed by atoms with Crippen LogP contribution < -0.4 is 0 Å². The molecule has 0 aliphatic rings. The molecule has 2 aromatic carbocycles. The zero-order valence-electron chi connectivity index (χ0n) is 13.2. The lowest BCUT2D eigenvalue weighted by Gasteiger charge is -1.95. The second-order valence-corrected chi connectivity index (χ2v) is 7.81. The molecular formula is C18H13N5S2. The van der Waals surface area contributed by atoms with Gasteiger partial charge in [-0.2, -0.15) is 9.61 Å². The van der Waals surface area contributed by atoms with E-state index in [9.17, 15) is 0 Å². The summed E-state index contributed by atoms with van der Waals surface area (Å²) in [6.45, 7) is 0. The smallest absolute Gasteiger partial charge is 0.234 e. The van der Waals surface area contributed by atoms with E-state index < -0.39 is 0 Å². The Morgan fingerprint density at radius 1 is 0.800 bits per heavy atom. The van der Waals surface area contributed by atoms with Gasteiger partial charge in [-0.1, -0.05) is 53.8 Å². The fraction of sp³-hybridized carbons (Fsp3) is 0.111. The van der Waals surface area contributed by atoms with E-state index in [0.29, 0.717) is 0 Å². The Labute approximate surface area is 151 Å². The minimum absolute atomic E-state index is 0.790. The zero-order chi connectivity index (χ0) is 16.6. The molecule has 0 atom stereocenters. The highest BCUT2D eigenvalue weighted by Gasteiger charge is 2.13. The van der Waals surface area contributed by atoms with Crippen molar-refractivity contribution in [1.82, 2.24) is 24.8 Å². The molecule has 0 saturated carbocycles. The minimum Gasteiger partial charge on any atom is -0.241 e. The van der Waals surface area contributed by atoms with Crippen LogP contribution in [-0.2, 0) is 12.8 Å². The van der Waals surface area contributed by atoms with Gasteiger partial charge in [0, 0.05) is 18.4 Å². The van der Waals surface area contributed by atoms with Crippen LogP contribution in [0, 0.1) is 0 Å². The second-order valence-electron chi connectivity index (χ2n) is 5.66. The molecule has 0 spiro atoms. The first kappa shape index (κ1) is 14.7. The van der Waals surface area contributed by atoms with Crippen molar-refractivity contribution >= 4 is 37.9 Å². The normalized spacial score (nSPS) is 11.5. The van der Waals surface area contributed by atoms with Crippen molar-refractivity contribution in [3.05, 3.63) is 64.6 Å². The number of hydrogen-bond donors (Lipinski definition) is 0. The van der Waals surface area contributed by atoms with Crippen molar-refractivity contribution in [3.63, 3.8) is 0 Å². The highest BCUT2D eigenvalue weighted by atomic mass is 32.1. The molecule has 0 fully saturated rings. The first-order valence-electron chi connectivity index (χ1n) is 7.98. The Balaban J connectivity index is 1.41. The fourth-order valence-electron chi connectivity index (χ4n) is 2.77. The maximum atomic E-state index is 4.71. The topological polar surface area (TPSA) is 56.0 Å². The summed E-state index contributed by atoms with van der Waals surface area (Å²) in [4.78, 5) is 5.53. The largest absolute Gasteiger partial charge is 0.241 e. The molecule has 0 radical (unpaired) electrons. The van der Waals surface area contributed by atoms with E-state index in [-0.39, 0.29) is 0 Å². The van der Waals surface area contributed by atoms with Gasteiger partial charge < -0.3 is 0 Å². The van der Waals surface area contributed by atoms with Crippen LogP contribution in [0.15, 0.2) is 54.6 Å². The molecule has 122 valence electrons. The van der Waals surface area contributed by atoms with Crippen LogP contribution >= 0.6 is 22.7 Å². The monoisotopic (exact) mass is 363 g/mol. The van der Waals surface area contributed by atoms with Gasteiger partial charge in [0.2, 0.25) is 4.96 Å². The molecule has 3 aromatic heterocycles. The molecule has 0 aliphatic heterocycles. The maximum Gasteiger partial charge on any atom is 0.234 e. The first-order chi connectivity index (χ1) is 12.4. The number of rotatable bonds is 4. The molecule has 7 heteroatoms. The fourth-order valence-corrected chi connectivity index (χ4v) is 4.57. The summed E-state index contributed by atoms with van der Waals surface area (Å²) in [5.41, 5.74) is 2.10. The van der Waals surface area contributed by atoms with Crippen LogP contribution in [0.4, 0.5) is 0 Å². The number of benzene rings is 2. The van der Waals surface area contributed by atoms with E-state index >= 15 is 0 Å². The Morgan fingerprint density at radius 3 is 2.48 bits per heavy atom. The number of thiazole rings is 1. The van der Waals surface area contributed by atoms with Crippen LogP contribution in [0.3, 0.4) is 0 Å². The quantitative estimate of drug-likeness (QED) is 0.479. The highest BCUT2D eigenvalue weighted by molar-refractivity contribution is 7.18. The summed E-state index contributed by atoms with van der Waals surface area (Å²) >= 11 is 3.35. The Hall–Kier alpha value is -2.64. The van der Waals surface area contributed by atoms with Gasteiger partial charge in [0.05, 0.1) is 15.2 Å². The first-order valence-corrected chi connectivity index (χ1v) is 9.61. The van der Waals surface area contributed by atoms with E-state index in [1.807, 2.05) is 40.9 Å². The number of fused-ring (bicyclic) bond motifs is 2. The highest BCUT2D eigenvalue weighted by Crippen LogP contribution is 2.25. The number of aryl methyl sites for hydroxylation is 2. The van der Waals surface area contributed by atoms with E-state index in [1.165, 1.54) is 4.70 Å². The van der Waals surface area contributed by atoms with Crippen molar-refractivity contribution in [1.29, 1.82) is 0 Å². The average molecular weight is 363 g/mol. The Kier molecular flexibility index (Phi) is 3.53. The van der Waals surface area contributed by atoms with Gasteiger partial charge in [0.25, 0.3) is 0 Å². The summed E-state index contributed by atoms with van der Waals surface area (Å²) < 4.78 is 3.08. The number of hydrogen-bond acceptors (Lipinski definition) is 6. The third-order valence-electron chi connectivity index (χ3n) is 3.96. The van der Waals surface area contributed by atoms with Gasteiger partial charge in [-0.3, -0.25) is 0 Å². The van der Waals surface area contributed by atoms with Crippen molar-refractivity contribution in [2.45, 2.75) is 12.8 Å². The lowest BCUT2D eigenvalue weighted by Crippen LogP contribution is -1.94. The van der Waals surface area contributed by atoms with Crippen LogP contribution in [0.5, 0.6) is 0 Å². The summed E-state index contributed by atoms with van der Waals surface area (Å²) in [7, 11) is 0. The van der Waals surface area contributed by atoms with Crippen molar-refractivity contribution < 1.29 is 0 Å². The standard InChI is InChI=1S/C18H13N5S2/c1-2-6-12(7-3-1)17-20-21-18-23(17)22-16(25-18)11-10-15-19-13-8-4-5-9-14(13)24-15/h1-9H,10-11H2. The average Bonchev–Trinajstić information content (AvgIpc) is 3.33. The molecule has 5 aromatic rings. The van der Waals surface area contributed by atoms with Gasteiger partial charge >= 0.3 is 0 Å². The molecule has 0 bridgehead atoms. The van der Waals surface area contributed by atoms with E-state index in [4.69, 9.17) is 10.1 Å². The summed E-state index contributed by atoms with van der Waals surface area (Å²) in [5, 5.41) is 15.4. The summed E-state index contributed by atoms with van der Waals surface area (Å²) in [6, 6.07) is 18.3. The van der Waals surface area contributed by atoms with Crippen molar-refractivity contribution in [2.75, 3.05) is 0 Å². The van der Waals surface area contributed by atoms with Gasteiger partial charge in [0.1, 0.15) is 5.01 Å². The third kappa shape index (κ3) is 2.71. The molecule has 25 heavy (non-hydrogen) atoms. The molecule has 3 heterocycles. The van der Waals surface area contributed by atoms with Crippen LogP contribution in [-0.4, -0.2) is 24.8 Å². The van der Waals surface area contributed by atoms with Crippen molar-refractivity contribution in [2.24, 2.45) is 0 Å². The minimum atomic E-state index is 0.790. The van der Waals surface area contributed by atoms with Crippen LogP contribution in [0.1, 0.15) is 10.0 Å². The third-order valence-corrected chi connectivity index (χ3v) is 6.01. The lowest BCUT2D eigenvalue weighted by atomic mass is 10.2. The molecule has 0 N–H and O–H groups in total. The molecule has 0 unspecified atom stereocenters. The maximum absolute atomic E-state index is 4.71. The van der Waals surface area contributed by atoms with Crippen LogP contribution in [0.2, 0.25) is 0 Å². The Bertz CT molecular complexity index is 1120. The second kappa shape index (κ2) is 6.02. The summed E-state index contributed by atoms with van der Waals surface area (Å²) in [6.07, 6.45) is 1.76. The summed E-state index contributed by atoms with van der Waals surface area (Å²) in [5.74, 6) is 0.790. The predicted molar refractivity (Wildman–Crippen MR) is 101 cm³/mol. The van der Waals surface area contributed by atoms with E-state index in [1.54, 1.807) is 22.7 Å². The van der Waals surface area contributed by atoms with E-state index in [2.05, 4.69) is 28.4 Å². The predicted octanol–water partition coefficient (Wildman–Crippen LogP) is 4.25. The molecule has 0 amide bonds. The van der Waals surface area contributed by atoms with Crippen LogP contribution in [0.25, 0.3) is 26.6 Å². The number of para-hydroxylation sites is 1. The lowest BCUT2D eigenvalue weighted by molar-refractivity contribution is 0.862. The number of nitrogens with zero attached hydrogens (tertiary/aromatic N) is 5. The van der Waals surface area contributed by atoms with Gasteiger partial charge in [-0.05, 0) is 12.1 Å². The molecular weight excluding hydrogens is 350 g/mol. The molecule has 0 saturated heterocycles. The Morgan fingerprint density at radius 2 is 1.60 bits per heavy atom. The van der Waals surface area contributed by atoms with Gasteiger partial charge in [-0.25, -0.2) is 4.98 Å². The SMILES string of the molecule is c1ccc(-c2nnc3sc(CCc4nc5ccccc5s4)nn23)cc1. The van der Waals surface area contributed by atoms with E-state index in [0.717, 1.165) is 44.7 Å². The molecule has 5 rings (SSSR count). The molecule has 5 nitrogen and oxygen atoms in total. The van der Waals surface area contributed by atoms with Gasteiger partial charge in [0.15, 0.2) is 5.82 Å².